The third-order valence-electron chi connectivity index (χ3n) is 0.896. The van der Waals surface area contributed by atoms with Gasteiger partial charge in [-0.2, -0.15) is 0 Å². The maximum Gasteiger partial charge on any atom is 1.00 e. The van der Waals surface area contributed by atoms with Crippen LogP contribution in [0.3, 0.4) is 0 Å². The van der Waals surface area contributed by atoms with Crippen LogP contribution >= 0.6 is 0 Å². The van der Waals surface area contributed by atoms with Gasteiger partial charge in [0.2, 0.25) is 0 Å². The molecule has 0 heterocycles. The second-order valence-corrected chi connectivity index (χ2v) is 1.87. The van der Waals surface area contributed by atoms with Gasteiger partial charge in [-0.1, -0.05) is 13.3 Å². The van der Waals surface area contributed by atoms with Gasteiger partial charge in [-0.25, -0.2) is 4.79 Å². The van der Waals surface area contributed by atoms with Crippen LogP contribution < -0.4 is 34.7 Å². The Morgan fingerprint density at radius 1 is 1.31 bits per heavy atom. The molecule has 70 valence electrons. The van der Waals surface area contributed by atoms with E-state index in [0.29, 0.717) is 6.42 Å². The molecule has 0 rings (SSSR count). The number of carbonyl (C=O) groups excluding carboxylic acids is 2. The van der Waals surface area contributed by atoms with Crippen LogP contribution in [0.4, 0.5) is 9.59 Å². The number of hydrogen-bond acceptors (Lipinski definition) is 6. The Kier molecular flexibility index (Phi) is 11.1. The molecule has 7 heteroatoms. The second-order valence-electron chi connectivity index (χ2n) is 1.87. The van der Waals surface area contributed by atoms with E-state index < -0.39 is 12.3 Å². The summed E-state index contributed by atoms with van der Waals surface area (Å²) in [5.74, 6) is 0. The fourth-order valence-electron chi connectivity index (χ4n) is 0.392. The number of carboxylic acid groups (broad SMARTS) is 1. The molecule has 0 fully saturated rings. The van der Waals surface area contributed by atoms with E-state index in [-0.39, 0.29) is 36.2 Å². The van der Waals surface area contributed by atoms with Gasteiger partial charge >= 0.3 is 35.7 Å². The van der Waals surface area contributed by atoms with Crippen molar-refractivity contribution >= 4 is 12.3 Å². The molecule has 0 aromatic carbocycles. The van der Waals surface area contributed by atoms with E-state index in [1.54, 1.807) is 0 Å². The molecule has 0 bridgehead atoms. The molecule has 0 radical (unpaired) electrons. The molecule has 0 aliphatic rings. The maximum atomic E-state index is 10.4. The average molecular weight is 200 g/mol. The van der Waals surface area contributed by atoms with Crippen LogP contribution in [0.25, 0.3) is 0 Å². The maximum absolute atomic E-state index is 10.4. The predicted molar refractivity (Wildman–Crippen MR) is 33.8 cm³/mol. The van der Waals surface area contributed by atoms with Crippen molar-refractivity contribution in [3.63, 3.8) is 0 Å². The molecule has 0 unspecified atom stereocenters. The minimum Gasteiger partial charge on any atom is -0.433 e. The van der Waals surface area contributed by atoms with Crippen LogP contribution in [0.1, 0.15) is 19.8 Å². The number of hydrogen-bond donors (Lipinski definition) is 0. The summed E-state index contributed by atoms with van der Waals surface area (Å²) in [4.78, 5) is 26.9. The SMILES string of the molecule is CCCCOC(=O)OOC(=O)[O-].[Na+]. The molecule has 0 aliphatic carbocycles. The fourth-order valence-corrected chi connectivity index (χ4v) is 0.392. The minimum absolute atomic E-state index is 0. The molecule has 0 N–H and O–H groups in total. The van der Waals surface area contributed by atoms with Gasteiger partial charge in [0.1, 0.15) is 0 Å². The molecule has 0 saturated carbocycles. The van der Waals surface area contributed by atoms with Crippen LogP contribution in [0, 0.1) is 0 Å². The molecular weight excluding hydrogens is 191 g/mol. The Hall–Kier alpha value is -0.460. The molecule has 0 amide bonds. The first-order valence-corrected chi connectivity index (χ1v) is 3.39. The van der Waals surface area contributed by atoms with E-state index in [9.17, 15) is 14.7 Å². The number of carbonyl (C=O) groups is 2. The molecular formula is C6H9NaO6. The number of ether oxygens (including phenoxy) is 1. The van der Waals surface area contributed by atoms with Gasteiger partial charge in [-0.3, -0.25) is 4.89 Å². The van der Waals surface area contributed by atoms with Gasteiger partial charge in [-0.05, 0) is 6.42 Å². The molecule has 0 saturated heterocycles. The third kappa shape index (κ3) is 11.5. The summed E-state index contributed by atoms with van der Waals surface area (Å²) >= 11 is 0. The number of rotatable bonds is 3. The Morgan fingerprint density at radius 2 is 1.92 bits per heavy atom. The van der Waals surface area contributed by atoms with E-state index in [1.807, 2.05) is 6.92 Å². The largest absolute Gasteiger partial charge is 1.00 e. The Bertz CT molecular complexity index is 159. The summed E-state index contributed by atoms with van der Waals surface area (Å²) in [5.41, 5.74) is 0. The Balaban J connectivity index is 0. The third-order valence-corrected chi connectivity index (χ3v) is 0.896. The summed E-state index contributed by atoms with van der Waals surface area (Å²) < 4.78 is 4.36. The minimum atomic E-state index is -1.94. The van der Waals surface area contributed by atoms with Gasteiger partial charge in [0.05, 0.1) is 6.61 Å². The van der Waals surface area contributed by atoms with Crippen molar-refractivity contribution in [3.05, 3.63) is 0 Å². The normalized spacial score (nSPS) is 8.08. The quantitative estimate of drug-likeness (QED) is 0.161. The standard InChI is InChI=1S/C6H10O6.Na/c1-2-3-4-10-6(9)12-11-5(7)8;/h2-4H2,1H3,(H,7,8);/q;+1/p-1. The zero-order chi connectivity index (χ0) is 9.40. The smallest absolute Gasteiger partial charge is 0.433 e. The monoisotopic (exact) mass is 200 g/mol. The summed E-state index contributed by atoms with van der Waals surface area (Å²) in [6.45, 7) is 2.08. The first-order valence-electron chi connectivity index (χ1n) is 3.39. The zero-order valence-electron chi connectivity index (χ0n) is 7.57. The van der Waals surface area contributed by atoms with Crippen molar-refractivity contribution in [3.8, 4) is 0 Å². The summed E-state index contributed by atoms with van der Waals surface area (Å²) in [6.07, 6.45) is -1.59. The van der Waals surface area contributed by atoms with Crippen molar-refractivity contribution in [2.45, 2.75) is 19.8 Å². The zero-order valence-corrected chi connectivity index (χ0v) is 9.57. The topological polar surface area (TPSA) is 84.9 Å². The van der Waals surface area contributed by atoms with E-state index in [0.717, 1.165) is 6.42 Å². The van der Waals surface area contributed by atoms with Crippen LogP contribution in [-0.4, -0.2) is 18.9 Å². The van der Waals surface area contributed by atoms with Crippen molar-refractivity contribution in [1.82, 2.24) is 0 Å². The average Bonchev–Trinajstić information content (AvgIpc) is 2.01. The summed E-state index contributed by atoms with van der Waals surface area (Å²) in [7, 11) is 0. The first kappa shape index (κ1) is 15.0. The Morgan fingerprint density at radius 3 is 2.38 bits per heavy atom. The Labute approximate surface area is 97.4 Å². The van der Waals surface area contributed by atoms with E-state index in [4.69, 9.17) is 0 Å². The van der Waals surface area contributed by atoms with E-state index in [2.05, 4.69) is 14.5 Å². The van der Waals surface area contributed by atoms with Crippen molar-refractivity contribution in [2.75, 3.05) is 6.61 Å². The molecule has 13 heavy (non-hydrogen) atoms. The van der Waals surface area contributed by atoms with E-state index >= 15 is 0 Å². The fraction of sp³-hybridized carbons (Fsp3) is 0.667. The van der Waals surface area contributed by atoms with Gasteiger partial charge in [0.15, 0.2) is 0 Å². The molecule has 0 spiro atoms. The van der Waals surface area contributed by atoms with Crippen LogP contribution in [0.2, 0.25) is 0 Å². The molecule has 0 aromatic heterocycles. The van der Waals surface area contributed by atoms with Crippen LogP contribution in [0.15, 0.2) is 0 Å². The first-order chi connectivity index (χ1) is 5.66. The second kappa shape index (κ2) is 9.63. The van der Waals surface area contributed by atoms with Crippen molar-refractivity contribution in [1.29, 1.82) is 0 Å². The van der Waals surface area contributed by atoms with Crippen LogP contribution in [0.5, 0.6) is 0 Å². The van der Waals surface area contributed by atoms with Gasteiger partial charge in [0, 0.05) is 0 Å². The molecule has 6 nitrogen and oxygen atoms in total. The van der Waals surface area contributed by atoms with Gasteiger partial charge in [-0.15, -0.1) is 0 Å². The van der Waals surface area contributed by atoms with Gasteiger partial charge < -0.3 is 19.5 Å². The molecule has 0 atom stereocenters. The van der Waals surface area contributed by atoms with Gasteiger partial charge in [0.25, 0.3) is 6.16 Å². The van der Waals surface area contributed by atoms with Crippen molar-refractivity contribution in [2.24, 2.45) is 0 Å². The summed E-state index contributed by atoms with van der Waals surface area (Å²) in [5, 5.41) is 9.57. The number of unbranched alkanes of at least 4 members (excludes halogenated alkanes) is 1. The predicted octanol–water partition coefficient (Wildman–Crippen LogP) is -2.78. The van der Waals surface area contributed by atoms with Crippen LogP contribution in [-0.2, 0) is 14.5 Å². The summed E-state index contributed by atoms with van der Waals surface area (Å²) in [6, 6.07) is 0. The molecule has 0 aromatic rings. The van der Waals surface area contributed by atoms with Crippen molar-refractivity contribution < 1.29 is 58.8 Å². The van der Waals surface area contributed by atoms with E-state index in [1.165, 1.54) is 0 Å². The molecule has 0 aliphatic heterocycles.